The van der Waals surface area contributed by atoms with Crippen molar-refractivity contribution in [1.29, 1.82) is 0 Å². The average Bonchev–Trinajstić information content (AvgIpc) is 2.71. The molecule has 0 bridgehead atoms. The van der Waals surface area contributed by atoms with Crippen LogP contribution in [0, 0.1) is 0 Å². The van der Waals surface area contributed by atoms with Gasteiger partial charge in [0.15, 0.2) is 5.82 Å². The molecule has 154 valence electrons. The van der Waals surface area contributed by atoms with Gasteiger partial charge in [-0.3, -0.25) is 4.79 Å². The number of nitrogens with zero attached hydrogens (tertiary/aromatic N) is 3. The molecule has 9 nitrogen and oxygen atoms in total. The van der Waals surface area contributed by atoms with Gasteiger partial charge < -0.3 is 25.6 Å². The van der Waals surface area contributed by atoms with E-state index in [9.17, 15) is 14.7 Å². The van der Waals surface area contributed by atoms with Gasteiger partial charge in [0, 0.05) is 25.2 Å². The average molecular weight is 427 g/mol. The Morgan fingerprint density at radius 3 is 2.87 bits per heavy atom. The Kier molecular flexibility index (Phi) is 5.39. The summed E-state index contributed by atoms with van der Waals surface area (Å²) >= 11 is 6.19. The van der Waals surface area contributed by atoms with Gasteiger partial charge in [0.05, 0.1) is 17.4 Å². The van der Waals surface area contributed by atoms with Crippen molar-refractivity contribution in [2.24, 2.45) is 0 Å². The van der Waals surface area contributed by atoms with E-state index in [-0.39, 0.29) is 27.9 Å². The standard InChI is InChI=1S/C20H19ClN6O3/c1-27-7-6-14-11(10-27)8-16(18(28)24-14)25-20-22-9-13(21)17(26-20)23-15-5-3-2-4-12(15)19(29)30/h2-5,8-9H,6-7,10H2,1H3,(H,24,28)(H,29,30)(H2,22,23,25,26). The molecule has 10 heteroatoms. The third-order valence-corrected chi connectivity index (χ3v) is 5.08. The van der Waals surface area contributed by atoms with E-state index in [1.165, 1.54) is 12.3 Å². The summed E-state index contributed by atoms with van der Waals surface area (Å²) in [7, 11) is 2.02. The summed E-state index contributed by atoms with van der Waals surface area (Å²) in [5, 5.41) is 15.4. The number of carbonyl (C=O) groups is 1. The van der Waals surface area contributed by atoms with Gasteiger partial charge in [0.1, 0.15) is 10.7 Å². The van der Waals surface area contributed by atoms with E-state index >= 15 is 0 Å². The zero-order chi connectivity index (χ0) is 21.3. The topological polar surface area (TPSA) is 123 Å². The molecule has 0 fully saturated rings. The summed E-state index contributed by atoms with van der Waals surface area (Å²) in [6.07, 6.45) is 2.17. The van der Waals surface area contributed by atoms with Crippen molar-refractivity contribution in [3.05, 3.63) is 68.7 Å². The Bertz CT molecular complexity index is 1180. The Balaban J connectivity index is 1.63. The molecule has 4 N–H and O–H groups in total. The van der Waals surface area contributed by atoms with Crippen LogP contribution in [0.5, 0.6) is 0 Å². The summed E-state index contributed by atoms with van der Waals surface area (Å²) in [5.74, 6) is -0.700. The monoisotopic (exact) mass is 426 g/mol. The van der Waals surface area contributed by atoms with Gasteiger partial charge in [0.25, 0.3) is 5.56 Å². The Labute approximate surface area is 176 Å². The third-order valence-electron chi connectivity index (χ3n) is 4.80. The first-order valence-electron chi connectivity index (χ1n) is 9.23. The van der Waals surface area contributed by atoms with E-state index in [2.05, 4.69) is 30.5 Å². The predicted molar refractivity (Wildman–Crippen MR) is 114 cm³/mol. The van der Waals surface area contributed by atoms with Gasteiger partial charge in [-0.1, -0.05) is 23.7 Å². The number of pyridine rings is 1. The first-order chi connectivity index (χ1) is 14.4. The van der Waals surface area contributed by atoms with Gasteiger partial charge in [-0.15, -0.1) is 0 Å². The Hall–Kier alpha value is -3.43. The van der Waals surface area contributed by atoms with Crippen molar-refractivity contribution < 1.29 is 9.90 Å². The second-order valence-corrected chi connectivity index (χ2v) is 7.40. The fourth-order valence-electron chi connectivity index (χ4n) is 3.28. The zero-order valence-corrected chi connectivity index (χ0v) is 16.8. The van der Waals surface area contributed by atoms with Crippen molar-refractivity contribution in [2.45, 2.75) is 13.0 Å². The molecule has 0 saturated heterocycles. The lowest BCUT2D eigenvalue weighted by atomic mass is 10.1. The predicted octanol–water partition coefficient (Wildman–Crippen LogP) is 2.99. The van der Waals surface area contributed by atoms with Gasteiger partial charge in [-0.05, 0) is 30.8 Å². The highest BCUT2D eigenvalue weighted by Crippen LogP contribution is 2.27. The number of benzene rings is 1. The number of aromatic carboxylic acids is 1. The largest absolute Gasteiger partial charge is 0.478 e. The molecule has 0 radical (unpaired) electrons. The lowest BCUT2D eigenvalue weighted by molar-refractivity contribution is 0.0698. The maximum absolute atomic E-state index is 12.4. The van der Waals surface area contributed by atoms with Crippen molar-refractivity contribution in [1.82, 2.24) is 19.9 Å². The van der Waals surface area contributed by atoms with Crippen LogP contribution in [0.4, 0.5) is 23.1 Å². The van der Waals surface area contributed by atoms with Crippen LogP contribution in [0.25, 0.3) is 0 Å². The number of hydrogen-bond acceptors (Lipinski definition) is 7. The SMILES string of the molecule is CN1CCc2[nH]c(=O)c(Nc3ncc(Cl)c(Nc4ccccc4C(=O)O)n3)cc2C1. The van der Waals surface area contributed by atoms with Crippen LogP contribution in [-0.2, 0) is 13.0 Å². The van der Waals surface area contributed by atoms with Gasteiger partial charge in [-0.2, -0.15) is 4.98 Å². The van der Waals surface area contributed by atoms with E-state index in [1.807, 2.05) is 7.05 Å². The molecular formula is C20H19ClN6O3. The lowest BCUT2D eigenvalue weighted by Gasteiger charge is -2.24. The number of para-hydroxylation sites is 1. The van der Waals surface area contributed by atoms with Crippen LogP contribution in [0.2, 0.25) is 5.02 Å². The van der Waals surface area contributed by atoms with Crippen molar-refractivity contribution in [2.75, 3.05) is 24.2 Å². The molecule has 2 aromatic heterocycles. The van der Waals surface area contributed by atoms with Crippen LogP contribution in [0.3, 0.4) is 0 Å². The number of hydrogen-bond donors (Lipinski definition) is 4. The number of anilines is 4. The maximum atomic E-state index is 12.4. The van der Waals surface area contributed by atoms with E-state index < -0.39 is 5.97 Å². The van der Waals surface area contributed by atoms with Crippen molar-refractivity contribution in [3.63, 3.8) is 0 Å². The van der Waals surface area contributed by atoms with E-state index in [0.29, 0.717) is 11.4 Å². The zero-order valence-electron chi connectivity index (χ0n) is 16.1. The number of halogens is 1. The van der Waals surface area contributed by atoms with Gasteiger partial charge >= 0.3 is 5.97 Å². The summed E-state index contributed by atoms with van der Waals surface area (Å²) < 4.78 is 0. The van der Waals surface area contributed by atoms with E-state index in [0.717, 1.165) is 30.8 Å². The third kappa shape index (κ3) is 4.12. The molecule has 3 aromatic rings. The second-order valence-electron chi connectivity index (χ2n) is 6.99. The number of nitrogens with one attached hydrogen (secondary N) is 3. The molecule has 1 aliphatic heterocycles. The number of carboxylic acids is 1. The molecule has 0 aliphatic carbocycles. The highest BCUT2D eigenvalue weighted by atomic mass is 35.5. The summed E-state index contributed by atoms with van der Waals surface area (Å²) in [6, 6.07) is 8.21. The molecule has 1 aromatic carbocycles. The Morgan fingerprint density at radius 2 is 2.07 bits per heavy atom. The van der Waals surface area contributed by atoms with Crippen molar-refractivity contribution in [3.8, 4) is 0 Å². The number of carboxylic acid groups (broad SMARTS) is 1. The molecule has 30 heavy (non-hydrogen) atoms. The molecule has 4 rings (SSSR count). The number of fused-ring (bicyclic) bond motifs is 1. The molecule has 0 amide bonds. The van der Waals surface area contributed by atoms with Gasteiger partial charge in [-0.25, -0.2) is 9.78 Å². The molecule has 0 unspecified atom stereocenters. The number of likely N-dealkylation sites (N-methyl/N-ethyl adjacent to an activating group) is 1. The van der Waals surface area contributed by atoms with Crippen LogP contribution < -0.4 is 16.2 Å². The minimum atomic E-state index is -1.08. The molecule has 0 spiro atoms. The minimum absolute atomic E-state index is 0.0805. The van der Waals surface area contributed by atoms with Crippen LogP contribution >= 0.6 is 11.6 Å². The quantitative estimate of drug-likeness (QED) is 0.491. The number of aromatic amines is 1. The molecule has 1 aliphatic rings. The second kappa shape index (κ2) is 8.13. The summed E-state index contributed by atoms with van der Waals surface area (Å²) in [5.41, 5.74) is 2.45. The van der Waals surface area contributed by atoms with E-state index in [4.69, 9.17) is 11.6 Å². The van der Waals surface area contributed by atoms with Crippen LogP contribution in [0.15, 0.2) is 41.3 Å². The lowest BCUT2D eigenvalue weighted by Crippen LogP contribution is -2.29. The molecular weight excluding hydrogens is 408 g/mol. The fourth-order valence-corrected chi connectivity index (χ4v) is 3.42. The number of H-pyrrole nitrogens is 1. The van der Waals surface area contributed by atoms with Gasteiger partial charge in [0.2, 0.25) is 5.95 Å². The molecule has 3 heterocycles. The summed E-state index contributed by atoms with van der Waals surface area (Å²) in [4.78, 5) is 37.4. The first kappa shape index (κ1) is 19.9. The number of aromatic nitrogens is 3. The minimum Gasteiger partial charge on any atom is -0.478 e. The normalized spacial score (nSPS) is 13.5. The molecule has 0 atom stereocenters. The van der Waals surface area contributed by atoms with Crippen LogP contribution in [-0.4, -0.2) is 44.5 Å². The fraction of sp³-hybridized carbons (Fsp3) is 0.200. The smallest absolute Gasteiger partial charge is 0.337 e. The molecule has 0 saturated carbocycles. The summed E-state index contributed by atoms with van der Waals surface area (Å²) in [6.45, 7) is 1.63. The Morgan fingerprint density at radius 1 is 1.27 bits per heavy atom. The highest BCUT2D eigenvalue weighted by Gasteiger charge is 2.17. The van der Waals surface area contributed by atoms with E-state index in [1.54, 1.807) is 24.3 Å². The van der Waals surface area contributed by atoms with Crippen LogP contribution in [0.1, 0.15) is 21.6 Å². The highest BCUT2D eigenvalue weighted by molar-refractivity contribution is 6.33. The number of rotatable bonds is 5. The van der Waals surface area contributed by atoms with Crippen molar-refractivity contribution >= 4 is 40.7 Å². The maximum Gasteiger partial charge on any atom is 0.337 e. The first-order valence-corrected chi connectivity index (χ1v) is 9.61.